The molecule has 140 valence electrons. The van der Waals surface area contributed by atoms with Crippen molar-refractivity contribution in [3.8, 4) is 5.75 Å². The van der Waals surface area contributed by atoms with Crippen LogP contribution in [0.4, 0.5) is 5.69 Å². The van der Waals surface area contributed by atoms with Gasteiger partial charge in [-0.15, -0.1) is 0 Å². The van der Waals surface area contributed by atoms with E-state index >= 15 is 0 Å². The van der Waals surface area contributed by atoms with E-state index in [2.05, 4.69) is 5.32 Å². The number of carbonyl (C=O) groups excluding carboxylic acids is 3. The van der Waals surface area contributed by atoms with Crippen molar-refractivity contribution in [2.75, 3.05) is 18.5 Å². The minimum Gasteiger partial charge on any atom is -0.482 e. The van der Waals surface area contributed by atoms with Crippen molar-refractivity contribution in [3.05, 3.63) is 58.1 Å². The lowest BCUT2D eigenvalue weighted by Crippen LogP contribution is -2.19. The van der Waals surface area contributed by atoms with Crippen LogP contribution in [0.15, 0.2) is 36.4 Å². The smallest absolute Gasteiger partial charge is 0.344 e. The summed E-state index contributed by atoms with van der Waals surface area (Å²) in [5, 5.41) is 3.32. The molecule has 0 radical (unpaired) electrons. The fraction of sp³-hybridized carbons (Fsp3) is 0.250. The molecule has 0 bridgehead atoms. The summed E-state index contributed by atoms with van der Waals surface area (Å²) in [6, 6.07) is 9.98. The highest BCUT2D eigenvalue weighted by Crippen LogP contribution is 2.32. The number of carbonyl (C=O) groups is 3. The monoisotopic (exact) mass is 387 g/mol. The van der Waals surface area contributed by atoms with Crippen LogP contribution in [0.1, 0.15) is 34.3 Å². The van der Waals surface area contributed by atoms with Crippen molar-refractivity contribution in [1.29, 1.82) is 0 Å². The maximum Gasteiger partial charge on any atom is 0.344 e. The Morgan fingerprint density at radius 2 is 1.93 bits per heavy atom. The largest absolute Gasteiger partial charge is 0.482 e. The Balaban J connectivity index is 1.53. The standard InChI is InChI=1S/C20H18ClNO5/c1-11-7-14(21)4-6-18(11)26-10-19(24)27-9-17(23)13-3-5-16-15(8-13)12(2)20(25)22-16/h3-8,12H,9-10H2,1-2H3,(H,22,25)/t12-/m1/s1. The zero-order valence-electron chi connectivity index (χ0n) is 14.9. The molecule has 0 unspecified atom stereocenters. The van der Waals surface area contributed by atoms with Crippen LogP contribution in [0, 0.1) is 6.92 Å². The number of Topliss-reactive ketones (excluding diaryl/α,β-unsaturated/α-hetero) is 1. The summed E-state index contributed by atoms with van der Waals surface area (Å²) in [6.45, 7) is 2.88. The Kier molecular flexibility index (Phi) is 5.46. The summed E-state index contributed by atoms with van der Waals surface area (Å²) >= 11 is 5.87. The predicted molar refractivity (Wildman–Crippen MR) is 100 cm³/mol. The van der Waals surface area contributed by atoms with Gasteiger partial charge in [0.1, 0.15) is 5.75 Å². The predicted octanol–water partition coefficient (Wildman–Crippen LogP) is 3.51. The molecule has 1 N–H and O–H groups in total. The van der Waals surface area contributed by atoms with Gasteiger partial charge in [0.2, 0.25) is 5.91 Å². The Bertz CT molecular complexity index is 925. The van der Waals surface area contributed by atoms with Crippen LogP contribution in [0.2, 0.25) is 5.02 Å². The summed E-state index contributed by atoms with van der Waals surface area (Å²) in [6.07, 6.45) is 0. The van der Waals surface area contributed by atoms with E-state index in [0.717, 1.165) is 11.1 Å². The molecular formula is C20H18ClNO5. The van der Waals surface area contributed by atoms with Gasteiger partial charge in [-0.2, -0.15) is 0 Å². The van der Waals surface area contributed by atoms with Crippen molar-refractivity contribution in [2.45, 2.75) is 19.8 Å². The molecule has 1 heterocycles. The van der Waals surface area contributed by atoms with Crippen LogP contribution < -0.4 is 10.1 Å². The number of aryl methyl sites for hydroxylation is 1. The summed E-state index contributed by atoms with van der Waals surface area (Å²) in [7, 11) is 0. The van der Waals surface area contributed by atoms with Gasteiger partial charge in [0, 0.05) is 16.3 Å². The van der Waals surface area contributed by atoms with Crippen molar-refractivity contribution < 1.29 is 23.9 Å². The van der Waals surface area contributed by atoms with Gasteiger partial charge in [-0.3, -0.25) is 9.59 Å². The van der Waals surface area contributed by atoms with Gasteiger partial charge in [0.05, 0.1) is 5.92 Å². The van der Waals surface area contributed by atoms with Crippen molar-refractivity contribution >= 4 is 34.9 Å². The van der Waals surface area contributed by atoms with Gasteiger partial charge in [0.25, 0.3) is 0 Å². The quantitative estimate of drug-likeness (QED) is 0.606. The Morgan fingerprint density at radius 3 is 2.67 bits per heavy atom. The van der Waals surface area contributed by atoms with E-state index in [9.17, 15) is 14.4 Å². The molecule has 0 saturated heterocycles. The highest BCUT2D eigenvalue weighted by molar-refractivity contribution is 6.30. The van der Waals surface area contributed by atoms with E-state index in [1.807, 2.05) is 6.92 Å². The SMILES string of the molecule is Cc1cc(Cl)ccc1OCC(=O)OCC(=O)c1ccc2c(c1)[C@@H](C)C(=O)N2. The number of benzene rings is 2. The van der Waals surface area contributed by atoms with E-state index in [1.54, 1.807) is 43.3 Å². The third-order valence-corrected chi connectivity index (χ3v) is 4.57. The minimum atomic E-state index is -0.649. The molecule has 1 atom stereocenters. The Hall–Kier alpha value is -2.86. The summed E-state index contributed by atoms with van der Waals surface area (Å²) in [4.78, 5) is 35.8. The minimum absolute atomic E-state index is 0.101. The first kappa shape index (κ1) is 18.9. The molecule has 2 aromatic rings. The summed E-state index contributed by atoms with van der Waals surface area (Å²) in [5.41, 5.74) is 2.65. The van der Waals surface area contributed by atoms with Crippen LogP contribution in [-0.2, 0) is 14.3 Å². The second kappa shape index (κ2) is 7.80. The number of ketones is 1. The maximum absolute atomic E-state index is 12.3. The first-order chi connectivity index (χ1) is 12.8. The van der Waals surface area contributed by atoms with Crippen molar-refractivity contribution in [3.63, 3.8) is 0 Å². The van der Waals surface area contributed by atoms with Crippen LogP contribution in [-0.4, -0.2) is 30.9 Å². The molecule has 0 saturated carbocycles. The highest BCUT2D eigenvalue weighted by Gasteiger charge is 2.27. The van der Waals surface area contributed by atoms with Gasteiger partial charge < -0.3 is 14.8 Å². The summed E-state index contributed by atoms with van der Waals surface area (Å²) in [5.74, 6) is -0.890. The molecule has 2 aromatic carbocycles. The second-order valence-corrected chi connectivity index (χ2v) is 6.73. The normalized spacial score (nSPS) is 15.1. The second-order valence-electron chi connectivity index (χ2n) is 6.30. The number of rotatable bonds is 6. The third kappa shape index (κ3) is 4.28. The number of hydrogen-bond acceptors (Lipinski definition) is 5. The molecule has 0 aliphatic carbocycles. The Morgan fingerprint density at radius 1 is 1.15 bits per heavy atom. The van der Waals surface area contributed by atoms with Crippen LogP contribution >= 0.6 is 11.6 Å². The van der Waals surface area contributed by atoms with Gasteiger partial charge >= 0.3 is 5.97 Å². The summed E-state index contributed by atoms with van der Waals surface area (Å²) < 4.78 is 10.4. The number of nitrogens with one attached hydrogen (secondary N) is 1. The number of halogens is 1. The van der Waals surface area contributed by atoms with Gasteiger partial charge in [-0.1, -0.05) is 11.6 Å². The van der Waals surface area contributed by atoms with Crippen molar-refractivity contribution in [1.82, 2.24) is 0 Å². The van der Waals surface area contributed by atoms with Crippen LogP contribution in [0.25, 0.3) is 0 Å². The molecule has 0 fully saturated rings. The molecule has 6 nitrogen and oxygen atoms in total. The molecule has 27 heavy (non-hydrogen) atoms. The number of esters is 1. The molecule has 0 aromatic heterocycles. The molecule has 0 spiro atoms. The fourth-order valence-electron chi connectivity index (χ4n) is 2.77. The maximum atomic E-state index is 12.3. The lowest BCUT2D eigenvalue weighted by atomic mass is 9.99. The number of fused-ring (bicyclic) bond motifs is 1. The van der Waals surface area contributed by atoms with E-state index in [0.29, 0.717) is 22.0 Å². The number of hydrogen-bond donors (Lipinski definition) is 1. The van der Waals surface area contributed by atoms with Gasteiger partial charge in [0.15, 0.2) is 19.0 Å². The lowest BCUT2D eigenvalue weighted by molar-refractivity contribution is -0.144. The molecule has 1 amide bonds. The molecule has 1 aliphatic rings. The average Bonchev–Trinajstić information content (AvgIpc) is 2.92. The van der Waals surface area contributed by atoms with Crippen molar-refractivity contribution in [2.24, 2.45) is 0 Å². The van der Waals surface area contributed by atoms with E-state index < -0.39 is 12.6 Å². The first-order valence-corrected chi connectivity index (χ1v) is 8.75. The number of anilines is 1. The molecule has 3 rings (SSSR count). The van der Waals surface area contributed by atoms with E-state index in [1.165, 1.54) is 0 Å². The lowest BCUT2D eigenvalue weighted by Gasteiger charge is -2.09. The van der Waals surface area contributed by atoms with Crippen LogP contribution in [0.3, 0.4) is 0 Å². The highest BCUT2D eigenvalue weighted by atomic mass is 35.5. The zero-order valence-corrected chi connectivity index (χ0v) is 15.6. The fourth-order valence-corrected chi connectivity index (χ4v) is 3.00. The first-order valence-electron chi connectivity index (χ1n) is 8.37. The average molecular weight is 388 g/mol. The number of ether oxygens (including phenoxy) is 2. The van der Waals surface area contributed by atoms with Crippen LogP contribution in [0.5, 0.6) is 5.75 Å². The topological polar surface area (TPSA) is 81.7 Å². The molecule has 1 aliphatic heterocycles. The van der Waals surface area contributed by atoms with E-state index in [4.69, 9.17) is 21.1 Å². The third-order valence-electron chi connectivity index (χ3n) is 4.34. The Labute approximate surface area is 161 Å². The zero-order chi connectivity index (χ0) is 19.6. The number of amides is 1. The van der Waals surface area contributed by atoms with E-state index in [-0.39, 0.29) is 24.2 Å². The molecule has 7 heteroatoms. The molecular weight excluding hydrogens is 370 g/mol. The van der Waals surface area contributed by atoms with Gasteiger partial charge in [-0.25, -0.2) is 4.79 Å². The van der Waals surface area contributed by atoms with Gasteiger partial charge in [-0.05, 0) is 61.4 Å².